The Morgan fingerprint density at radius 2 is 2.30 bits per heavy atom. The van der Waals surface area contributed by atoms with E-state index in [-0.39, 0.29) is 18.0 Å². The summed E-state index contributed by atoms with van der Waals surface area (Å²) in [6.07, 6.45) is 4.52. The fourth-order valence-corrected chi connectivity index (χ4v) is 2.66. The fraction of sp³-hybridized carbons (Fsp3) is 0.267. The molecule has 3 amide bonds. The van der Waals surface area contributed by atoms with Gasteiger partial charge >= 0.3 is 6.03 Å². The van der Waals surface area contributed by atoms with Gasteiger partial charge in [0.1, 0.15) is 0 Å². The average Bonchev–Trinajstić information content (AvgIpc) is 3.04. The summed E-state index contributed by atoms with van der Waals surface area (Å²) in [7, 11) is 0. The largest absolute Gasteiger partial charge is 0.354 e. The van der Waals surface area contributed by atoms with Gasteiger partial charge in [0.25, 0.3) is 0 Å². The maximum atomic E-state index is 12.0. The van der Waals surface area contributed by atoms with Crippen molar-refractivity contribution >= 4 is 29.2 Å². The molecule has 0 bridgehead atoms. The third kappa shape index (κ3) is 3.81. The van der Waals surface area contributed by atoms with Crippen molar-refractivity contribution in [2.24, 2.45) is 0 Å². The van der Waals surface area contributed by atoms with Crippen LogP contribution in [0.3, 0.4) is 0 Å². The molecule has 1 aliphatic rings. The fourth-order valence-electron chi connectivity index (χ4n) is 2.39. The SMILES string of the molecule is O=C1CC[C@H](NC(=O)Nc2ccc(-n3cccn3)c(Cl)c2)CN1. The number of hydrogen-bond acceptors (Lipinski definition) is 3. The second kappa shape index (κ2) is 6.70. The van der Waals surface area contributed by atoms with Gasteiger partial charge in [-0.05, 0) is 30.7 Å². The predicted octanol–water partition coefficient (Wildman–Crippen LogP) is 1.93. The van der Waals surface area contributed by atoms with E-state index in [1.54, 1.807) is 41.3 Å². The second-order valence-corrected chi connectivity index (χ2v) is 5.66. The van der Waals surface area contributed by atoms with Gasteiger partial charge in [-0.15, -0.1) is 0 Å². The monoisotopic (exact) mass is 333 g/mol. The van der Waals surface area contributed by atoms with E-state index in [0.29, 0.717) is 30.1 Å². The molecule has 8 heteroatoms. The second-order valence-electron chi connectivity index (χ2n) is 5.25. The number of halogens is 1. The summed E-state index contributed by atoms with van der Waals surface area (Å²) in [4.78, 5) is 23.1. The predicted molar refractivity (Wildman–Crippen MR) is 86.8 cm³/mol. The first-order valence-electron chi connectivity index (χ1n) is 7.25. The van der Waals surface area contributed by atoms with Crippen molar-refractivity contribution in [3.05, 3.63) is 41.7 Å². The van der Waals surface area contributed by atoms with Crippen molar-refractivity contribution in [1.29, 1.82) is 0 Å². The summed E-state index contributed by atoms with van der Waals surface area (Å²) in [6.45, 7) is 0.450. The van der Waals surface area contributed by atoms with Crippen LogP contribution in [0.5, 0.6) is 0 Å². The molecule has 3 N–H and O–H groups in total. The molecule has 2 aromatic rings. The molecule has 0 unspecified atom stereocenters. The molecule has 23 heavy (non-hydrogen) atoms. The Morgan fingerprint density at radius 1 is 1.43 bits per heavy atom. The molecule has 1 fully saturated rings. The van der Waals surface area contributed by atoms with Crippen LogP contribution < -0.4 is 16.0 Å². The molecular weight excluding hydrogens is 318 g/mol. The number of carbonyl (C=O) groups is 2. The highest BCUT2D eigenvalue weighted by Crippen LogP contribution is 2.23. The van der Waals surface area contributed by atoms with E-state index in [2.05, 4.69) is 21.0 Å². The maximum absolute atomic E-state index is 12.0. The zero-order valence-electron chi connectivity index (χ0n) is 12.3. The van der Waals surface area contributed by atoms with Crippen molar-refractivity contribution < 1.29 is 9.59 Å². The van der Waals surface area contributed by atoms with Gasteiger partial charge in [-0.2, -0.15) is 5.10 Å². The number of anilines is 1. The summed E-state index contributed by atoms with van der Waals surface area (Å²) in [5.74, 6) is 0.0180. The third-order valence-corrected chi connectivity index (χ3v) is 3.86. The van der Waals surface area contributed by atoms with E-state index >= 15 is 0 Å². The zero-order chi connectivity index (χ0) is 16.2. The minimum absolute atomic E-state index is 0.0180. The Kier molecular flexibility index (Phi) is 4.47. The standard InChI is InChI=1S/C15H16ClN5O2/c16-12-8-10(2-4-13(12)21-7-1-6-18-21)19-15(23)20-11-3-5-14(22)17-9-11/h1-2,4,6-8,11H,3,5,9H2,(H,17,22)(H2,19,20,23)/t11-/m0/s1. The molecule has 0 spiro atoms. The topological polar surface area (TPSA) is 88.1 Å². The van der Waals surface area contributed by atoms with E-state index in [4.69, 9.17) is 11.6 Å². The van der Waals surface area contributed by atoms with Gasteiger partial charge < -0.3 is 16.0 Å². The van der Waals surface area contributed by atoms with E-state index in [1.807, 2.05) is 0 Å². The number of carbonyl (C=O) groups excluding carboxylic acids is 2. The molecule has 7 nitrogen and oxygen atoms in total. The normalized spacial score (nSPS) is 17.4. The zero-order valence-corrected chi connectivity index (χ0v) is 13.0. The molecular formula is C15H16ClN5O2. The van der Waals surface area contributed by atoms with Crippen molar-refractivity contribution in [1.82, 2.24) is 20.4 Å². The number of piperidine rings is 1. The van der Waals surface area contributed by atoms with Crippen LogP contribution in [0.25, 0.3) is 5.69 Å². The Bertz CT molecular complexity index is 707. The molecule has 1 aromatic heterocycles. The van der Waals surface area contributed by atoms with Crippen LogP contribution in [0.4, 0.5) is 10.5 Å². The summed E-state index contributed by atoms with van der Waals surface area (Å²) < 4.78 is 1.65. The highest BCUT2D eigenvalue weighted by molar-refractivity contribution is 6.32. The molecule has 1 atom stereocenters. The molecule has 1 aliphatic heterocycles. The third-order valence-electron chi connectivity index (χ3n) is 3.56. The van der Waals surface area contributed by atoms with Crippen LogP contribution in [0, 0.1) is 0 Å². The lowest BCUT2D eigenvalue weighted by Crippen LogP contribution is -2.48. The van der Waals surface area contributed by atoms with Crippen LogP contribution in [0.2, 0.25) is 5.02 Å². The molecule has 2 heterocycles. The van der Waals surface area contributed by atoms with Crippen LogP contribution in [-0.4, -0.2) is 34.3 Å². The Morgan fingerprint density at radius 3 is 2.96 bits per heavy atom. The number of nitrogens with zero attached hydrogens (tertiary/aromatic N) is 2. The van der Waals surface area contributed by atoms with Gasteiger partial charge in [0.2, 0.25) is 5.91 Å². The van der Waals surface area contributed by atoms with E-state index in [0.717, 1.165) is 5.69 Å². The number of aromatic nitrogens is 2. The van der Waals surface area contributed by atoms with Gasteiger partial charge in [-0.3, -0.25) is 4.79 Å². The number of amides is 3. The Hall–Kier alpha value is -2.54. The van der Waals surface area contributed by atoms with Gasteiger partial charge in [0.05, 0.1) is 10.7 Å². The summed E-state index contributed by atoms with van der Waals surface area (Å²) in [5, 5.41) is 12.9. The van der Waals surface area contributed by atoms with E-state index in [9.17, 15) is 9.59 Å². The average molecular weight is 334 g/mol. The van der Waals surface area contributed by atoms with Crippen LogP contribution in [0.15, 0.2) is 36.7 Å². The lowest BCUT2D eigenvalue weighted by atomic mass is 10.1. The summed E-state index contributed by atoms with van der Waals surface area (Å²) in [5.41, 5.74) is 1.32. The molecule has 120 valence electrons. The van der Waals surface area contributed by atoms with Crippen LogP contribution >= 0.6 is 11.6 Å². The number of benzene rings is 1. The number of rotatable bonds is 3. The van der Waals surface area contributed by atoms with Crippen LogP contribution in [0.1, 0.15) is 12.8 Å². The molecule has 0 saturated carbocycles. The smallest absolute Gasteiger partial charge is 0.319 e. The lowest BCUT2D eigenvalue weighted by Gasteiger charge is -2.23. The first-order chi connectivity index (χ1) is 11.1. The van der Waals surface area contributed by atoms with E-state index < -0.39 is 0 Å². The van der Waals surface area contributed by atoms with E-state index in [1.165, 1.54) is 0 Å². The van der Waals surface area contributed by atoms with Gasteiger partial charge in [0, 0.05) is 37.1 Å². The lowest BCUT2D eigenvalue weighted by molar-refractivity contribution is -0.122. The van der Waals surface area contributed by atoms with Gasteiger partial charge in [-0.1, -0.05) is 11.6 Å². The summed E-state index contributed by atoms with van der Waals surface area (Å²) >= 11 is 6.23. The molecule has 0 aliphatic carbocycles. The number of nitrogens with one attached hydrogen (secondary N) is 3. The number of hydrogen-bond donors (Lipinski definition) is 3. The van der Waals surface area contributed by atoms with Crippen molar-refractivity contribution in [3.8, 4) is 5.69 Å². The highest BCUT2D eigenvalue weighted by Gasteiger charge is 2.19. The minimum atomic E-state index is -0.325. The number of urea groups is 1. The Balaban J connectivity index is 1.60. The summed E-state index contributed by atoms with van der Waals surface area (Å²) in [6, 6.07) is 6.62. The molecule has 0 radical (unpaired) electrons. The van der Waals surface area contributed by atoms with Crippen molar-refractivity contribution in [2.45, 2.75) is 18.9 Å². The van der Waals surface area contributed by atoms with Gasteiger partial charge in [0.15, 0.2) is 0 Å². The molecule has 1 aromatic carbocycles. The molecule has 1 saturated heterocycles. The minimum Gasteiger partial charge on any atom is -0.354 e. The maximum Gasteiger partial charge on any atom is 0.319 e. The quantitative estimate of drug-likeness (QED) is 0.802. The van der Waals surface area contributed by atoms with Crippen LogP contribution in [-0.2, 0) is 4.79 Å². The van der Waals surface area contributed by atoms with Gasteiger partial charge in [-0.25, -0.2) is 9.48 Å². The van der Waals surface area contributed by atoms with Crippen molar-refractivity contribution in [3.63, 3.8) is 0 Å². The molecule has 3 rings (SSSR count). The Labute approximate surface area is 138 Å². The first-order valence-corrected chi connectivity index (χ1v) is 7.63. The van der Waals surface area contributed by atoms with Crippen molar-refractivity contribution in [2.75, 3.05) is 11.9 Å². The first kappa shape index (κ1) is 15.4. The highest BCUT2D eigenvalue weighted by atomic mass is 35.5.